The SMILES string of the molecule is CC1(C)OC(=C(C#N)C#N)C(C#N)=C1/C=C/C=C/C=C1/N(CCOC(=O)c2cc(OCc3ccccc3)cc(OCc3ccccc3)c2)c2ccccc2C1(C)C. The van der Waals surface area contributed by atoms with Crippen LogP contribution < -0.4 is 14.4 Å². The summed E-state index contributed by atoms with van der Waals surface area (Å²) in [5.41, 5.74) is 4.74. The number of nitriles is 3. The first-order valence-electron chi connectivity index (χ1n) is 18.5. The molecule has 0 saturated carbocycles. The standard InChI is InChI=1S/C48H42N4O5/c1-47(2)42-21-14-15-22-43(42)52(44(47)23-13-7-12-20-41-40(31-51)45(37(29-49)30-50)57-48(41,3)4)24-25-54-46(53)36-26-38(55-32-34-16-8-5-9-17-34)28-39(27-36)56-33-35-18-10-6-11-19-35/h5-23,26-28H,24-25,32-33H2,1-4H3/b13-7+,20-12+,44-23+. The fraction of sp³-hybridized carbons (Fsp3) is 0.208. The molecule has 0 amide bonds. The molecule has 2 heterocycles. The number of benzene rings is 4. The van der Waals surface area contributed by atoms with Crippen molar-refractivity contribution in [3.63, 3.8) is 0 Å². The molecule has 57 heavy (non-hydrogen) atoms. The smallest absolute Gasteiger partial charge is 0.338 e. The summed E-state index contributed by atoms with van der Waals surface area (Å²) in [4.78, 5) is 15.8. The number of carbonyl (C=O) groups is 1. The van der Waals surface area contributed by atoms with E-state index >= 15 is 0 Å². The van der Waals surface area contributed by atoms with Gasteiger partial charge in [-0.05, 0) is 54.8 Å². The predicted molar refractivity (Wildman–Crippen MR) is 218 cm³/mol. The summed E-state index contributed by atoms with van der Waals surface area (Å²) in [6.45, 7) is 9.06. The van der Waals surface area contributed by atoms with E-state index < -0.39 is 11.6 Å². The molecule has 0 unspecified atom stereocenters. The highest BCUT2D eigenvalue weighted by Crippen LogP contribution is 2.47. The van der Waals surface area contributed by atoms with Gasteiger partial charge in [-0.15, -0.1) is 0 Å². The number of hydrogen-bond acceptors (Lipinski definition) is 9. The molecule has 0 N–H and O–H groups in total. The van der Waals surface area contributed by atoms with Crippen LogP contribution in [0.15, 0.2) is 162 Å². The summed E-state index contributed by atoms with van der Waals surface area (Å²) in [5, 5.41) is 28.6. The highest BCUT2D eigenvalue weighted by molar-refractivity contribution is 5.90. The lowest BCUT2D eigenvalue weighted by molar-refractivity contribution is 0.0515. The van der Waals surface area contributed by atoms with Crippen molar-refractivity contribution in [1.82, 2.24) is 0 Å². The molecule has 0 aliphatic carbocycles. The number of carbonyl (C=O) groups excluding carboxylic acids is 1. The van der Waals surface area contributed by atoms with Crippen LogP contribution in [0.25, 0.3) is 0 Å². The monoisotopic (exact) mass is 754 g/mol. The Morgan fingerprint density at radius 1 is 0.772 bits per heavy atom. The fourth-order valence-corrected chi connectivity index (χ4v) is 6.88. The van der Waals surface area contributed by atoms with Crippen LogP contribution in [-0.2, 0) is 28.1 Å². The summed E-state index contributed by atoms with van der Waals surface area (Å²) in [5.74, 6) is 0.494. The van der Waals surface area contributed by atoms with Crippen molar-refractivity contribution in [1.29, 1.82) is 15.8 Å². The summed E-state index contributed by atoms with van der Waals surface area (Å²) < 4.78 is 24.0. The van der Waals surface area contributed by atoms with Gasteiger partial charge in [0.25, 0.3) is 0 Å². The zero-order valence-electron chi connectivity index (χ0n) is 32.4. The fourth-order valence-electron chi connectivity index (χ4n) is 6.88. The van der Waals surface area contributed by atoms with Gasteiger partial charge >= 0.3 is 5.97 Å². The van der Waals surface area contributed by atoms with E-state index in [2.05, 4.69) is 36.9 Å². The molecule has 4 aromatic rings. The molecule has 2 aliphatic rings. The number of nitrogens with zero attached hydrogens (tertiary/aromatic N) is 4. The zero-order chi connectivity index (χ0) is 40.4. The molecule has 0 aromatic heterocycles. The Bertz CT molecular complexity index is 2340. The van der Waals surface area contributed by atoms with E-state index in [1.54, 1.807) is 44.2 Å². The molecule has 9 heteroatoms. The number of allylic oxidation sites excluding steroid dienone is 7. The third-order valence-electron chi connectivity index (χ3n) is 9.76. The number of rotatable bonds is 13. The highest BCUT2D eigenvalue weighted by Gasteiger charge is 2.40. The van der Waals surface area contributed by atoms with E-state index in [9.17, 15) is 20.6 Å². The lowest BCUT2D eigenvalue weighted by Gasteiger charge is -2.26. The Balaban J connectivity index is 1.19. The summed E-state index contributed by atoms with van der Waals surface area (Å²) >= 11 is 0. The number of para-hydroxylation sites is 1. The second-order valence-corrected chi connectivity index (χ2v) is 14.4. The largest absolute Gasteiger partial charge is 0.489 e. The summed E-state index contributed by atoms with van der Waals surface area (Å²) in [6.07, 6.45) is 9.36. The maximum absolute atomic E-state index is 13.6. The van der Waals surface area contributed by atoms with E-state index in [-0.39, 0.29) is 28.9 Å². The molecule has 0 saturated heterocycles. The molecule has 0 spiro atoms. The van der Waals surface area contributed by atoms with E-state index in [1.165, 1.54) is 0 Å². The van der Waals surface area contributed by atoms with Gasteiger partial charge in [0.1, 0.15) is 60.7 Å². The molecule has 0 atom stereocenters. The Morgan fingerprint density at radius 3 is 1.96 bits per heavy atom. The molecule has 284 valence electrons. The Kier molecular flexibility index (Phi) is 12.1. The van der Waals surface area contributed by atoms with Gasteiger partial charge in [0.05, 0.1) is 12.1 Å². The highest BCUT2D eigenvalue weighted by atomic mass is 16.5. The van der Waals surface area contributed by atoms with Crippen LogP contribution >= 0.6 is 0 Å². The van der Waals surface area contributed by atoms with Gasteiger partial charge in [-0.1, -0.05) is 117 Å². The van der Waals surface area contributed by atoms with E-state index in [4.69, 9.17) is 18.9 Å². The first-order chi connectivity index (χ1) is 27.5. The lowest BCUT2D eigenvalue weighted by Crippen LogP contribution is -2.29. The van der Waals surface area contributed by atoms with Crippen LogP contribution in [0.2, 0.25) is 0 Å². The Hall–Kier alpha value is -7.28. The molecular formula is C48H42N4O5. The molecule has 2 aliphatic heterocycles. The van der Waals surface area contributed by atoms with Crippen molar-refractivity contribution in [3.05, 3.63) is 184 Å². The normalized spacial score (nSPS) is 15.8. The second kappa shape index (κ2) is 17.5. The molecule has 6 rings (SSSR count). The quantitative estimate of drug-likeness (QED) is 0.0744. The summed E-state index contributed by atoms with van der Waals surface area (Å²) in [6, 6.07) is 38.7. The van der Waals surface area contributed by atoms with Crippen LogP contribution in [-0.4, -0.2) is 24.7 Å². The Morgan fingerprint density at radius 2 is 1.37 bits per heavy atom. The molecule has 4 aromatic carbocycles. The van der Waals surface area contributed by atoms with Gasteiger partial charge in [-0.25, -0.2) is 4.79 Å². The van der Waals surface area contributed by atoms with Crippen molar-refractivity contribution in [2.75, 3.05) is 18.1 Å². The number of anilines is 1. The predicted octanol–water partition coefficient (Wildman–Crippen LogP) is 9.73. The van der Waals surface area contributed by atoms with Crippen molar-refractivity contribution < 1.29 is 23.7 Å². The van der Waals surface area contributed by atoms with Gasteiger partial charge < -0.3 is 23.8 Å². The van der Waals surface area contributed by atoms with Crippen LogP contribution in [0.5, 0.6) is 11.5 Å². The van der Waals surface area contributed by atoms with Crippen LogP contribution in [0.1, 0.15) is 54.7 Å². The Labute approximate surface area is 333 Å². The van der Waals surface area contributed by atoms with Crippen LogP contribution in [0.3, 0.4) is 0 Å². The minimum Gasteiger partial charge on any atom is -0.489 e. The maximum atomic E-state index is 13.6. The minimum atomic E-state index is -0.904. The summed E-state index contributed by atoms with van der Waals surface area (Å²) in [7, 11) is 0. The van der Waals surface area contributed by atoms with Crippen molar-refractivity contribution in [2.24, 2.45) is 0 Å². The van der Waals surface area contributed by atoms with Crippen molar-refractivity contribution >= 4 is 11.7 Å². The number of esters is 1. The van der Waals surface area contributed by atoms with Gasteiger partial charge in [-0.2, -0.15) is 15.8 Å². The van der Waals surface area contributed by atoms with Gasteiger partial charge in [0.15, 0.2) is 11.3 Å². The average Bonchev–Trinajstić information content (AvgIpc) is 3.61. The maximum Gasteiger partial charge on any atom is 0.338 e. The number of fused-ring (bicyclic) bond motifs is 1. The topological polar surface area (TPSA) is 129 Å². The zero-order valence-corrected chi connectivity index (χ0v) is 32.4. The number of hydrogen-bond donors (Lipinski definition) is 0. The number of ether oxygens (including phenoxy) is 4. The van der Waals surface area contributed by atoms with Crippen molar-refractivity contribution in [2.45, 2.75) is 51.9 Å². The van der Waals surface area contributed by atoms with E-state index in [0.717, 1.165) is 28.1 Å². The molecule has 0 radical (unpaired) electrons. The molecule has 0 bridgehead atoms. The van der Waals surface area contributed by atoms with E-state index in [0.29, 0.717) is 42.4 Å². The van der Waals surface area contributed by atoms with E-state index in [1.807, 2.05) is 103 Å². The van der Waals surface area contributed by atoms with Crippen LogP contribution in [0, 0.1) is 34.0 Å². The second-order valence-electron chi connectivity index (χ2n) is 14.4. The van der Waals surface area contributed by atoms with Gasteiger partial charge in [-0.3, -0.25) is 0 Å². The van der Waals surface area contributed by atoms with Gasteiger partial charge in [0.2, 0.25) is 0 Å². The minimum absolute atomic E-state index is 0.000916. The van der Waals surface area contributed by atoms with Crippen molar-refractivity contribution in [3.8, 4) is 29.7 Å². The third-order valence-corrected chi connectivity index (χ3v) is 9.76. The molecule has 0 fully saturated rings. The lowest BCUT2D eigenvalue weighted by atomic mass is 9.84. The first kappa shape index (κ1) is 39.4. The van der Waals surface area contributed by atoms with Crippen LogP contribution in [0.4, 0.5) is 5.69 Å². The van der Waals surface area contributed by atoms with Gasteiger partial charge in [0, 0.05) is 28.4 Å². The molecular weight excluding hydrogens is 713 g/mol. The first-order valence-corrected chi connectivity index (χ1v) is 18.5. The molecule has 9 nitrogen and oxygen atoms in total. The third kappa shape index (κ3) is 9.00. The average molecular weight is 755 g/mol.